The van der Waals surface area contributed by atoms with Gasteiger partial charge >= 0.3 is 35.5 Å². The second-order valence-corrected chi connectivity index (χ2v) is 7.04. The van der Waals surface area contributed by atoms with Crippen molar-refractivity contribution in [2.75, 3.05) is 5.32 Å². The van der Waals surface area contributed by atoms with E-state index in [1.165, 1.54) is 32.1 Å². The molecule has 1 rings (SSSR count). The van der Waals surface area contributed by atoms with Gasteiger partial charge in [-0.2, -0.15) is 0 Å². The van der Waals surface area contributed by atoms with Crippen LogP contribution in [0.1, 0.15) is 76.7 Å². The number of ketones is 1. The Balaban J connectivity index is 0.00000841. The van der Waals surface area contributed by atoms with Gasteiger partial charge in [-0.15, -0.1) is 0 Å². The summed E-state index contributed by atoms with van der Waals surface area (Å²) in [6.07, 6.45) is 11.6. The summed E-state index contributed by atoms with van der Waals surface area (Å²) in [5.41, 5.74) is 1.60. The molecule has 0 heterocycles. The number of unbranched alkanes of at least 4 members (excludes halogenated alkanes) is 6. The minimum Gasteiger partial charge on any atom is -0.550 e. The van der Waals surface area contributed by atoms with Gasteiger partial charge in [0.15, 0.2) is 5.78 Å². The summed E-state index contributed by atoms with van der Waals surface area (Å²) in [5, 5.41) is 13.3. The Kier molecular flexibility index (Phi) is 17.2. The zero-order chi connectivity index (χ0) is 21.3. The van der Waals surface area contributed by atoms with E-state index in [-0.39, 0.29) is 54.8 Å². The van der Waals surface area contributed by atoms with Crippen molar-refractivity contribution >= 4 is 23.4 Å². The van der Waals surface area contributed by atoms with Crippen molar-refractivity contribution in [3.63, 3.8) is 0 Å². The number of nitrogens with one attached hydrogen (secondary N) is 1. The first-order valence-electron chi connectivity index (χ1n) is 10.4. The van der Waals surface area contributed by atoms with Crippen molar-refractivity contribution in [2.45, 2.75) is 77.7 Å². The molecule has 1 aromatic carbocycles. The van der Waals surface area contributed by atoms with Gasteiger partial charge in [0.25, 0.3) is 0 Å². The van der Waals surface area contributed by atoms with Gasteiger partial charge in [0.1, 0.15) is 6.61 Å². The molecule has 0 aliphatic carbocycles. The summed E-state index contributed by atoms with van der Waals surface area (Å²) in [5.74, 6) is -1.73. The van der Waals surface area contributed by atoms with Crippen LogP contribution in [0.15, 0.2) is 36.5 Å². The molecule has 0 spiro atoms. The van der Waals surface area contributed by atoms with E-state index in [4.69, 9.17) is 4.74 Å². The van der Waals surface area contributed by atoms with Crippen molar-refractivity contribution in [3.8, 4) is 0 Å². The molecular formula is C23H32NNaO5. The van der Waals surface area contributed by atoms with Gasteiger partial charge < -0.3 is 20.0 Å². The number of esters is 1. The van der Waals surface area contributed by atoms with E-state index in [9.17, 15) is 19.5 Å². The quantitative estimate of drug-likeness (QED) is 0.183. The topological polar surface area (TPSA) is 95.5 Å². The summed E-state index contributed by atoms with van der Waals surface area (Å²) >= 11 is 0. The number of rotatable bonds is 16. The molecule has 30 heavy (non-hydrogen) atoms. The van der Waals surface area contributed by atoms with Gasteiger partial charge in [0, 0.05) is 24.3 Å². The van der Waals surface area contributed by atoms with Crippen molar-refractivity contribution < 1.29 is 53.8 Å². The van der Waals surface area contributed by atoms with Crippen LogP contribution in [0, 0.1) is 0 Å². The Bertz CT molecular complexity index is 658. The van der Waals surface area contributed by atoms with Crippen molar-refractivity contribution in [2.24, 2.45) is 0 Å². The summed E-state index contributed by atoms with van der Waals surface area (Å²) in [6, 6.07) is 7.22. The Hall–Kier alpha value is -1.63. The summed E-state index contributed by atoms with van der Waals surface area (Å²) in [4.78, 5) is 33.5. The second-order valence-electron chi connectivity index (χ2n) is 7.04. The van der Waals surface area contributed by atoms with Crippen LogP contribution in [0.25, 0.3) is 0 Å². The molecule has 0 fully saturated rings. The second kappa shape index (κ2) is 18.2. The van der Waals surface area contributed by atoms with E-state index in [0.717, 1.165) is 24.1 Å². The number of benzene rings is 1. The molecule has 0 bridgehead atoms. The third-order valence-electron chi connectivity index (χ3n) is 4.43. The molecule has 0 unspecified atom stereocenters. The fourth-order valence-corrected chi connectivity index (χ4v) is 2.71. The fourth-order valence-electron chi connectivity index (χ4n) is 2.71. The number of hydrogen-bond acceptors (Lipinski definition) is 6. The van der Waals surface area contributed by atoms with Crippen LogP contribution in [0.5, 0.6) is 0 Å². The maximum absolute atomic E-state index is 11.9. The molecule has 160 valence electrons. The summed E-state index contributed by atoms with van der Waals surface area (Å²) < 4.78 is 5.00. The third-order valence-corrected chi connectivity index (χ3v) is 4.43. The van der Waals surface area contributed by atoms with E-state index in [0.29, 0.717) is 6.42 Å². The molecule has 0 radical (unpaired) electrons. The molecule has 0 saturated carbocycles. The number of aliphatic carboxylic acids is 1. The smallest absolute Gasteiger partial charge is 0.550 e. The van der Waals surface area contributed by atoms with Crippen LogP contribution in [-0.2, 0) is 25.7 Å². The Morgan fingerprint density at radius 2 is 1.57 bits per heavy atom. The first kappa shape index (κ1) is 28.4. The van der Waals surface area contributed by atoms with Crippen molar-refractivity contribution in [3.05, 3.63) is 42.1 Å². The predicted octanol–water partition coefficient (Wildman–Crippen LogP) is 0.899. The zero-order valence-electron chi connectivity index (χ0n) is 18.3. The van der Waals surface area contributed by atoms with Crippen LogP contribution in [-0.4, -0.2) is 17.7 Å². The molecule has 0 amide bonds. The van der Waals surface area contributed by atoms with E-state index >= 15 is 0 Å². The summed E-state index contributed by atoms with van der Waals surface area (Å²) in [6.45, 7) is 2.29. The number of carbonyl (C=O) groups is 3. The average molecular weight is 426 g/mol. The van der Waals surface area contributed by atoms with Gasteiger partial charge in [-0.05, 0) is 36.6 Å². The average Bonchev–Trinajstić information content (AvgIpc) is 2.71. The predicted molar refractivity (Wildman–Crippen MR) is 111 cm³/mol. The third kappa shape index (κ3) is 15.2. The van der Waals surface area contributed by atoms with E-state index in [1.54, 1.807) is 24.4 Å². The molecule has 1 aromatic rings. The maximum Gasteiger partial charge on any atom is 1.00 e. The first-order valence-corrected chi connectivity index (χ1v) is 10.4. The molecule has 7 heteroatoms. The normalized spacial score (nSPS) is 10.4. The number of hydrogen-bond donors (Lipinski definition) is 1. The number of ether oxygens (including phenoxy) is 1. The van der Waals surface area contributed by atoms with Crippen LogP contribution in [0.2, 0.25) is 0 Å². The van der Waals surface area contributed by atoms with Gasteiger partial charge in [-0.25, -0.2) is 0 Å². The van der Waals surface area contributed by atoms with Gasteiger partial charge in [-0.3, -0.25) is 9.59 Å². The van der Waals surface area contributed by atoms with Crippen LogP contribution in [0.4, 0.5) is 5.69 Å². The van der Waals surface area contributed by atoms with Crippen LogP contribution in [0.3, 0.4) is 0 Å². The zero-order valence-corrected chi connectivity index (χ0v) is 20.3. The Morgan fingerprint density at radius 1 is 0.933 bits per heavy atom. The largest absolute Gasteiger partial charge is 1.00 e. The van der Waals surface area contributed by atoms with E-state index in [2.05, 4.69) is 12.2 Å². The maximum atomic E-state index is 11.9. The monoisotopic (exact) mass is 425 g/mol. The van der Waals surface area contributed by atoms with Crippen molar-refractivity contribution in [1.82, 2.24) is 0 Å². The fraction of sp³-hybridized carbons (Fsp3) is 0.522. The Morgan fingerprint density at radius 3 is 2.20 bits per heavy atom. The molecule has 0 atom stereocenters. The van der Waals surface area contributed by atoms with Crippen molar-refractivity contribution in [1.29, 1.82) is 0 Å². The van der Waals surface area contributed by atoms with Gasteiger partial charge in [0.2, 0.25) is 0 Å². The van der Waals surface area contributed by atoms with Gasteiger partial charge in [0.05, 0.1) is 6.42 Å². The molecule has 0 aliphatic rings. The minimum absolute atomic E-state index is 0. The number of anilines is 1. The first-order chi connectivity index (χ1) is 14.0. The number of carboxylic acids is 1. The minimum atomic E-state index is -1.27. The molecule has 6 nitrogen and oxygen atoms in total. The van der Waals surface area contributed by atoms with Gasteiger partial charge in [-0.1, -0.05) is 57.6 Å². The summed E-state index contributed by atoms with van der Waals surface area (Å²) in [7, 11) is 0. The van der Waals surface area contributed by atoms with E-state index < -0.39 is 11.9 Å². The Labute approximate surface area is 201 Å². The molecule has 0 saturated heterocycles. The number of carboxylic acid groups (broad SMARTS) is 1. The van der Waals surface area contributed by atoms with Crippen LogP contribution < -0.4 is 40.0 Å². The van der Waals surface area contributed by atoms with Crippen LogP contribution >= 0.6 is 0 Å². The SMILES string of the molecule is CCCCCCCCCC(=O)/C=C\Nc1ccc(COC(=O)CCC(=O)[O-])cc1.[Na+]. The standard InChI is InChI=1S/C23H33NO5.Na/c1-2-3-4-5-6-7-8-9-21(25)16-17-24-20-12-10-19(11-13-20)18-29-23(28)15-14-22(26)27;/h10-13,16-17,24H,2-9,14-15,18H2,1H3,(H,26,27);/q;+1/p-1/b17-16-;. The molecule has 1 N–H and O–H groups in total. The van der Waals surface area contributed by atoms with E-state index in [1.807, 2.05) is 12.1 Å². The number of carbonyl (C=O) groups excluding carboxylic acids is 3. The molecular weight excluding hydrogens is 393 g/mol. The molecule has 0 aliphatic heterocycles. The number of allylic oxidation sites excluding steroid dienone is 1. The molecule has 0 aromatic heterocycles.